The normalized spacial score (nSPS) is 10.8. The first-order chi connectivity index (χ1) is 16.0. The maximum absolute atomic E-state index is 12.2. The smallest absolute Gasteiger partial charge is 0.250 e. The molecule has 3 aromatic rings. The summed E-state index contributed by atoms with van der Waals surface area (Å²) in [7, 11) is 1.46. The molecule has 1 aromatic heterocycles. The van der Waals surface area contributed by atoms with Crippen LogP contribution in [-0.4, -0.2) is 44.9 Å². The second kappa shape index (κ2) is 12.3. The van der Waals surface area contributed by atoms with Crippen molar-refractivity contribution in [3.63, 3.8) is 0 Å². The van der Waals surface area contributed by atoms with E-state index in [9.17, 15) is 9.90 Å². The van der Waals surface area contributed by atoms with Gasteiger partial charge in [-0.15, -0.1) is 16.8 Å². The van der Waals surface area contributed by atoms with Gasteiger partial charge < -0.3 is 19.7 Å². The number of para-hydroxylation sites is 1. The van der Waals surface area contributed by atoms with Crippen LogP contribution in [0.5, 0.6) is 11.5 Å². The number of carbonyl (C=O) groups excluding carboxylic acids is 1. The van der Waals surface area contributed by atoms with Crippen LogP contribution in [-0.2, 0) is 17.9 Å². The number of benzene rings is 2. The van der Waals surface area contributed by atoms with E-state index >= 15 is 0 Å². The number of amides is 1. The zero-order chi connectivity index (χ0) is 23.6. The number of methoxy groups -OCH3 is 1. The van der Waals surface area contributed by atoms with E-state index < -0.39 is 0 Å². The predicted molar refractivity (Wildman–Crippen MR) is 138 cm³/mol. The molecule has 1 heterocycles. The van der Waals surface area contributed by atoms with Crippen LogP contribution in [0.4, 0.5) is 5.69 Å². The third-order valence-corrected chi connectivity index (χ3v) is 6.06. The molecule has 0 aliphatic heterocycles. The Bertz CT molecular complexity index is 1130. The Morgan fingerprint density at radius 1 is 1.30 bits per heavy atom. The van der Waals surface area contributed by atoms with Crippen LogP contribution < -0.4 is 15.5 Å². The maximum Gasteiger partial charge on any atom is 0.250 e. The number of ether oxygens (including phenoxy) is 1. The SMILES string of the molecule is C=CCn1c(CNc2ccc(I)cc2)nnc1SCC(=O)NN=Cc1cccc(OC)c1O. The summed E-state index contributed by atoms with van der Waals surface area (Å²) >= 11 is 3.51. The first-order valence-electron chi connectivity index (χ1n) is 9.85. The Morgan fingerprint density at radius 3 is 2.82 bits per heavy atom. The number of phenols is 1. The molecule has 0 unspecified atom stereocenters. The second-order valence-corrected chi connectivity index (χ2v) is 8.83. The molecule has 11 heteroatoms. The monoisotopic (exact) mass is 578 g/mol. The number of thioether (sulfide) groups is 1. The molecule has 0 atom stereocenters. The standard InChI is InChI=1S/C22H23IN6O3S/c1-3-11-29-19(13-24-17-9-7-16(23)8-10-17)26-28-22(29)33-14-20(30)27-25-12-15-5-4-6-18(32-2)21(15)31/h3-10,12,24,31H,1,11,13-14H2,2H3,(H,27,30). The molecular weight excluding hydrogens is 555 g/mol. The minimum Gasteiger partial charge on any atom is -0.504 e. The van der Waals surface area contributed by atoms with E-state index in [-0.39, 0.29) is 17.4 Å². The van der Waals surface area contributed by atoms with Gasteiger partial charge in [0.2, 0.25) is 0 Å². The summed E-state index contributed by atoms with van der Waals surface area (Å²) in [5.41, 5.74) is 3.86. The van der Waals surface area contributed by atoms with Crippen molar-refractivity contribution in [2.24, 2.45) is 5.10 Å². The van der Waals surface area contributed by atoms with Crippen molar-refractivity contribution in [2.75, 3.05) is 18.2 Å². The molecule has 0 aliphatic rings. The molecule has 0 saturated carbocycles. The average Bonchev–Trinajstić information content (AvgIpc) is 3.20. The van der Waals surface area contributed by atoms with Gasteiger partial charge in [-0.05, 0) is 59.0 Å². The highest BCUT2D eigenvalue weighted by atomic mass is 127. The number of nitrogens with one attached hydrogen (secondary N) is 2. The number of nitrogens with zero attached hydrogens (tertiary/aromatic N) is 4. The lowest BCUT2D eigenvalue weighted by atomic mass is 10.2. The number of aromatic hydroxyl groups is 1. The molecule has 33 heavy (non-hydrogen) atoms. The maximum atomic E-state index is 12.2. The van der Waals surface area contributed by atoms with Gasteiger partial charge in [0.15, 0.2) is 22.5 Å². The van der Waals surface area contributed by atoms with Gasteiger partial charge in [-0.25, -0.2) is 5.43 Å². The summed E-state index contributed by atoms with van der Waals surface area (Å²) in [6.07, 6.45) is 3.11. The zero-order valence-corrected chi connectivity index (χ0v) is 20.8. The number of allylic oxidation sites excluding steroid dienone is 1. The number of hydrogen-bond acceptors (Lipinski definition) is 8. The van der Waals surface area contributed by atoms with Crippen LogP contribution in [0.2, 0.25) is 0 Å². The van der Waals surface area contributed by atoms with E-state index in [1.807, 2.05) is 28.8 Å². The first kappa shape index (κ1) is 24.6. The second-order valence-electron chi connectivity index (χ2n) is 6.64. The number of anilines is 1. The van der Waals surface area contributed by atoms with Crippen LogP contribution in [0, 0.1) is 3.57 Å². The molecule has 0 bridgehead atoms. The summed E-state index contributed by atoms with van der Waals surface area (Å²) in [5, 5.41) is 26.4. The summed E-state index contributed by atoms with van der Waals surface area (Å²) in [6, 6.07) is 13.1. The molecule has 172 valence electrons. The lowest BCUT2D eigenvalue weighted by Crippen LogP contribution is -2.20. The highest BCUT2D eigenvalue weighted by Gasteiger charge is 2.13. The number of hydrazone groups is 1. The highest BCUT2D eigenvalue weighted by molar-refractivity contribution is 14.1. The number of carbonyl (C=O) groups is 1. The van der Waals surface area contributed by atoms with Crippen molar-refractivity contribution in [3.8, 4) is 11.5 Å². The van der Waals surface area contributed by atoms with E-state index in [1.165, 1.54) is 25.1 Å². The third kappa shape index (κ3) is 6.96. The van der Waals surface area contributed by atoms with Crippen molar-refractivity contribution >= 4 is 52.2 Å². The number of hydrogen-bond donors (Lipinski definition) is 3. The number of halogens is 1. The quantitative estimate of drug-likeness (QED) is 0.105. The molecule has 1 amide bonds. The summed E-state index contributed by atoms with van der Waals surface area (Å²) in [5.74, 6) is 0.806. The van der Waals surface area contributed by atoms with Crippen LogP contribution in [0.15, 0.2) is 65.4 Å². The predicted octanol–water partition coefficient (Wildman–Crippen LogP) is 3.64. The Kier molecular flexibility index (Phi) is 9.13. The summed E-state index contributed by atoms with van der Waals surface area (Å²) in [6.45, 7) is 4.81. The molecule has 3 rings (SSSR count). The van der Waals surface area contributed by atoms with Gasteiger partial charge in [0.05, 0.1) is 25.6 Å². The first-order valence-corrected chi connectivity index (χ1v) is 11.9. The van der Waals surface area contributed by atoms with Crippen LogP contribution in [0.25, 0.3) is 0 Å². The van der Waals surface area contributed by atoms with E-state index in [0.29, 0.717) is 29.6 Å². The molecule has 0 fully saturated rings. The van der Waals surface area contributed by atoms with Crippen molar-refractivity contribution in [1.82, 2.24) is 20.2 Å². The fraction of sp³-hybridized carbons (Fsp3) is 0.182. The molecule has 0 saturated heterocycles. The van der Waals surface area contributed by atoms with Crippen LogP contribution in [0.1, 0.15) is 11.4 Å². The van der Waals surface area contributed by atoms with Gasteiger partial charge in [0.1, 0.15) is 0 Å². The molecule has 2 aromatic carbocycles. The lowest BCUT2D eigenvalue weighted by molar-refractivity contribution is -0.118. The third-order valence-electron chi connectivity index (χ3n) is 4.38. The minimum atomic E-state index is -0.314. The van der Waals surface area contributed by atoms with Crippen LogP contribution >= 0.6 is 34.4 Å². The highest BCUT2D eigenvalue weighted by Crippen LogP contribution is 2.28. The number of phenolic OH excluding ortho intramolecular Hbond substituents is 1. The van der Waals surface area contributed by atoms with Crippen molar-refractivity contribution in [1.29, 1.82) is 0 Å². The molecule has 0 spiro atoms. The Morgan fingerprint density at radius 2 is 2.09 bits per heavy atom. The molecule has 0 radical (unpaired) electrons. The van der Waals surface area contributed by atoms with Gasteiger partial charge in [-0.3, -0.25) is 4.79 Å². The van der Waals surface area contributed by atoms with Gasteiger partial charge in [-0.1, -0.05) is 23.9 Å². The van der Waals surface area contributed by atoms with Gasteiger partial charge >= 0.3 is 0 Å². The van der Waals surface area contributed by atoms with Crippen molar-refractivity contribution < 1.29 is 14.6 Å². The summed E-state index contributed by atoms with van der Waals surface area (Å²) < 4.78 is 8.12. The van der Waals surface area contributed by atoms with Crippen LogP contribution in [0.3, 0.4) is 0 Å². The largest absolute Gasteiger partial charge is 0.504 e. The van der Waals surface area contributed by atoms with Gasteiger partial charge in [0, 0.05) is 21.4 Å². The number of aromatic nitrogens is 3. The molecule has 9 nitrogen and oxygen atoms in total. The zero-order valence-electron chi connectivity index (χ0n) is 17.9. The topological polar surface area (TPSA) is 114 Å². The Balaban J connectivity index is 1.56. The van der Waals surface area contributed by atoms with E-state index in [1.54, 1.807) is 24.3 Å². The Labute approximate surface area is 209 Å². The van der Waals surface area contributed by atoms with Gasteiger partial charge in [0.25, 0.3) is 5.91 Å². The average molecular weight is 578 g/mol. The number of rotatable bonds is 11. The minimum absolute atomic E-state index is 0.0451. The molecule has 3 N–H and O–H groups in total. The van der Waals surface area contributed by atoms with Crippen molar-refractivity contribution in [2.45, 2.75) is 18.2 Å². The van der Waals surface area contributed by atoms with E-state index in [0.717, 1.165) is 15.1 Å². The molecule has 0 aliphatic carbocycles. The van der Waals surface area contributed by atoms with E-state index in [2.05, 4.69) is 55.2 Å². The fourth-order valence-corrected chi connectivity index (χ4v) is 3.88. The van der Waals surface area contributed by atoms with Gasteiger partial charge in [-0.2, -0.15) is 5.10 Å². The fourth-order valence-electron chi connectivity index (χ4n) is 2.76. The lowest BCUT2D eigenvalue weighted by Gasteiger charge is -2.09. The molecular formula is C22H23IN6O3S. The van der Waals surface area contributed by atoms with E-state index in [4.69, 9.17) is 4.74 Å². The summed E-state index contributed by atoms with van der Waals surface area (Å²) in [4.78, 5) is 12.2. The van der Waals surface area contributed by atoms with Crippen molar-refractivity contribution in [3.05, 3.63) is 70.1 Å². The Hall–Kier alpha value is -3.06.